The first kappa shape index (κ1) is 15.5. The summed E-state index contributed by atoms with van der Waals surface area (Å²) in [4.78, 5) is 14.1. The Bertz CT molecular complexity index is 390. The molecule has 2 N–H and O–H groups in total. The second-order valence-electron chi connectivity index (χ2n) is 5.12. The molecule has 0 aliphatic heterocycles. The van der Waals surface area contributed by atoms with Crippen molar-refractivity contribution in [1.82, 2.24) is 10.2 Å². The number of hydrogen-bond acceptors (Lipinski definition) is 3. The van der Waals surface area contributed by atoms with Crippen LogP contribution in [0.2, 0.25) is 0 Å². The number of aromatic hydroxyl groups is 1. The predicted molar refractivity (Wildman–Crippen MR) is 77.4 cm³/mol. The number of rotatable bonds is 7. The van der Waals surface area contributed by atoms with Crippen LogP contribution in [0.5, 0.6) is 5.75 Å². The Morgan fingerprint density at radius 2 is 2.00 bits per heavy atom. The fourth-order valence-corrected chi connectivity index (χ4v) is 2.05. The zero-order valence-electron chi connectivity index (χ0n) is 12.0. The maximum atomic E-state index is 11.9. The summed E-state index contributed by atoms with van der Waals surface area (Å²) < 4.78 is 0. The highest BCUT2D eigenvalue weighted by Crippen LogP contribution is 2.09. The smallest absolute Gasteiger partial charge is 0.251 e. The number of nitrogens with one attached hydrogen (secondary N) is 1. The molecule has 0 radical (unpaired) electrons. The first-order valence-corrected chi connectivity index (χ1v) is 6.78. The van der Waals surface area contributed by atoms with Gasteiger partial charge in [-0.15, -0.1) is 0 Å². The highest BCUT2D eigenvalue weighted by molar-refractivity contribution is 5.94. The van der Waals surface area contributed by atoms with E-state index < -0.39 is 0 Å². The van der Waals surface area contributed by atoms with E-state index in [0.29, 0.717) is 18.0 Å². The lowest BCUT2D eigenvalue weighted by Gasteiger charge is -2.20. The molecule has 1 rings (SSSR count). The fraction of sp³-hybridized carbons (Fsp3) is 0.533. The molecular weight excluding hydrogens is 240 g/mol. The second-order valence-corrected chi connectivity index (χ2v) is 5.12. The average Bonchev–Trinajstić information content (AvgIpc) is 2.37. The number of benzene rings is 1. The maximum absolute atomic E-state index is 11.9. The third-order valence-electron chi connectivity index (χ3n) is 2.97. The minimum Gasteiger partial charge on any atom is -0.508 e. The molecule has 0 fully saturated rings. The van der Waals surface area contributed by atoms with Crippen molar-refractivity contribution in [2.45, 2.75) is 20.3 Å². The summed E-state index contributed by atoms with van der Waals surface area (Å²) >= 11 is 0. The number of carbonyl (C=O) groups is 1. The molecule has 106 valence electrons. The second kappa shape index (κ2) is 7.79. The van der Waals surface area contributed by atoms with Crippen molar-refractivity contribution in [3.05, 3.63) is 29.8 Å². The number of phenols is 1. The molecular formula is C15H24N2O2. The Balaban J connectivity index is 2.35. The third-order valence-corrected chi connectivity index (χ3v) is 2.97. The van der Waals surface area contributed by atoms with Gasteiger partial charge in [0.15, 0.2) is 0 Å². The standard InChI is InChI=1S/C15H24N2O2/c1-4-9-17(3)11-12(2)10-16-15(19)13-5-7-14(18)8-6-13/h5-8,12,18H,4,9-11H2,1-3H3,(H,16,19). The largest absolute Gasteiger partial charge is 0.508 e. The van der Waals surface area contributed by atoms with Crippen LogP contribution in [-0.4, -0.2) is 42.6 Å². The van der Waals surface area contributed by atoms with Gasteiger partial charge in [0, 0.05) is 18.7 Å². The van der Waals surface area contributed by atoms with Gasteiger partial charge in [-0.1, -0.05) is 13.8 Å². The SMILES string of the molecule is CCCN(C)CC(C)CNC(=O)c1ccc(O)cc1. The highest BCUT2D eigenvalue weighted by Gasteiger charge is 2.09. The molecule has 0 heterocycles. The van der Waals surface area contributed by atoms with E-state index in [9.17, 15) is 4.79 Å². The van der Waals surface area contributed by atoms with Crippen molar-refractivity contribution in [3.63, 3.8) is 0 Å². The Morgan fingerprint density at radius 3 is 2.58 bits per heavy atom. The molecule has 1 unspecified atom stereocenters. The van der Waals surface area contributed by atoms with Crippen molar-refractivity contribution in [2.24, 2.45) is 5.92 Å². The first-order valence-electron chi connectivity index (χ1n) is 6.78. The zero-order chi connectivity index (χ0) is 14.3. The molecule has 4 heteroatoms. The molecule has 1 aromatic rings. The number of nitrogens with zero attached hydrogens (tertiary/aromatic N) is 1. The Kier molecular flexibility index (Phi) is 6.36. The number of carbonyl (C=O) groups excluding carboxylic acids is 1. The molecule has 1 atom stereocenters. The van der Waals surface area contributed by atoms with E-state index >= 15 is 0 Å². The van der Waals surface area contributed by atoms with Gasteiger partial charge in [0.25, 0.3) is 5.91 Å². The molecule has 0 bridgehead atoms. The normalized spacial score (nSPS) is 12.4. The van der Waals surface area contributed by atoms with Crippen LogP contribution in [0.25, 0.3) is 0 Å². The lowest BCUT2D eigenvalue weighted by atomic mass is 10.1. The summed E-state index contributed by atoms with van der Waals surface area (Å²) in [6.07, 6.45) is 1.14. The summed E-state index contributed by atoms with van der Waals surface area (Å²) in [6, 6.07) is 6.29. The molecule has 19 heavy (non-hydrogen) atoms. The van der Waals surface area contributed by atoms with Crippen molar-refractivity contribution in [3.8, 4) is 5.75 Å². The van der Waals surface area contributed by atoms with Crippen LogP contribution in [0.15, 0.2) is 24.3 Å². The van der Waals surface area contributed by atoms with E-state index in [4.69, 9.17) is 5.11 Å². The van der Waals surface area contributed by atoms with Crippen molar-refractivity contribution in [1.29, 1.82) is 0 Å². The first-order chi connectivity index (χ1) is 9.02. The van der Waals surface area contributed by atoms with Crippen LogP contribution < -0.4 is 5.32 Å². The predicted octanol–water partition coefficient (Wildman–Crippen LogP) is 2.10. The van der Waals surface area contributed by atoms with Crippen LogP contribution in [0.1, 0.15) is 30.6 Å². The lowest BCUT2D eigenvalue weighted by molar-refractivity contribution is 0.0945. The topological polar surface area (TPSA) is 52.6 Å². The molecule has 0 aliphatic carbocycles. The molecule has 0 saturated heterocycles. The number of phenolic OH excluding ortho intramolecular Hbond substituents is 1. The van der Waals surface area contributed by atoms with Gasteiger partial charge in [0.1, 0.15) is 5.75 Å². The van der Waals surface area contributed by atoms with Gasteiger partial charge in [0.2, 0.25) is 0 Å². The van der Waals surface area contributed by atoms with Gasteiger partial charge in [-0.05, 0) is 50.2 Å². The average molecular weight is 264 g/mol. The van der Waals surface area contributed by atoms with E-state index in [2.05, 4.69) is 31.1 Å². The molecule has 0 spiro atoms. The summed E-state index contributed by atoms with van der Waals surface area (Å²) in [6.45, 7) is 7.00. The van der Waals surface area contributed by atoms with Gasteiger partial charge in [-0.3, -0.25) is 4.79 Å². The summed E-state index contributed by atoms with van der Waals surface area (Å²) in [7, 11) is 2.10. The summed E-state index contributed by atoms with van der Waals surface area (Å²) in [5, 5.41) is 12.1. The zero-order valence-corrected chi connectivity index (χ0v) is 12.0. The number of hydrogen-bond donors (Lipinski definition) is 2. The number of amides is 1. The van der Waals surface area contributed by atoms with Crippen LogP contribution in [0, 0.1) is 5.92 Å². The van der Waals surface area contributed by atoms with Gasteiger partial charge in [-0.25, -0.2) is 0 Å². The lowest BCUT2D eigenvalue weighted by Crippen LogP contribution is -2.34. The van der Waals surface area contributed by atoms with Crippen LogP contribution in [-0.2, 0) is 0 Å². The Hall–Kier alpha value is -1.55. The van der Waals surface area contributed by atoms with E-state index in [0.717, 1.165) is 19.5 Å². The van der Waals surface area contributed by atoms with E-state index in [1.165, 1.54) is 12.1 Å². The van der Waals surface area contributed by atoms with Crippen LogP contribution in [0.4, 0.5) is 0 Å². The van der Waals surface area contributed by atoms with Crippen molar-refractivity contribution < 1.29 is 9.90 Å². The molecule has 1 aromatic carbocycles. The van der Waals surface area contributed by atoms with Gasteiger partial charge < -0.3 is 15.3 Å². The van der Waals surface area contributed by atoms with Crippen LogP contribution in [0.3, 0.4) is 0 Å². The van der Waals surface area contributed by atoms with Gasteiger partial charge in [0.05, 0.1) is 0 Å². The Labute approximate surface area is 115 Å². The molecule has 0 aliphatic rings. The summed E-state index contributed by atoms with van der Waals surface area (Å²) in [5.41, 5.74) is 0.576. The molecule has 0 saturated carbocycles. The molecule has 1 amide bonds. The molecule has 4 nitrogen and oxygen atoms in total. The monoisotopic (exact) mass is 264 g/mol. The maximum Gasteiger partial charge on any atom is 0.251 e. The fourth-order valence-electron chi connectivity index (χ4n) is 2.05. The highest BCUT2D eigenvalue weighted by atomic mass is 16.3. The minimum absolute atomic E-state index is 0.0926. The Morgan fingerprint density at radius 1 is 1.37 bits per heavy atom. The third kappa shape index (κ3) is 5.75. The summed E-state index contributed by atoms with van der Waals surface area (Å²) in [5.74, 6) is 0.494. The van der Waals surface area contributed by atoms with E-state index in [1.54, 1.807) is 12.1 Å². The van der Waals surface area contributed by atoms with Crippen LogP contribution >= 0.6 is 0 Å². The van der Waals surface area contributed by atoms with Crippen molar-refractivity contribution >= 4 is 5.91 Å². The van der Waals surface area contributed by atoms with E-state index in [-0.39, 0.29) is 11.7 Å². The molecule has 0 aromatic heterocycles. The van der Waals surface area contributed by atoms with E-state index in [1.807, 2.05) is 0 Å². The van der Waals surface area contributed by atoms with Gasteiger partial charge >= 0.3 is 0 Å². The minimum atomic E-state index is -0.0926. The van der Waals surface area contributed by atoms with Gasteiger partial charge in [-0.2, -0.15) is 0 Å². The van der Waals surface area contributed by atoms with Crippen molar-refractivity contribution in [2.75, 3.05) is 26.7 Å². The quantitative estimate of drug-likeness (QED) is 0.793.